The van der Waals surface area contributed by atoms with Crippen LogP contribution in [-0.2, 0) is 0 Å². The summed E-state index contributed by atoms with van der Waals surface area (Å²) in [7, 11) is 0. The van der Waals surface area contributed by atoms with Crippen molar-refractivity contribution in [2.45, 2.75) is 39.7 Å². The van der Waals surface area contributed by atoms with Crippen LogP contribution in [-0.4, -0.2) is 16.2 Å². The smallest absolute Gasteiger partial charge is 0.247 e. The summed E-state index contributed by atoms with van der Waals surface area (Å²) in [4.78, 5) is 0. The molecule has 1 N–H and O–H groups in total. The maximum absolute atomic E-state index is 5.25. The van der Waals surface area contributed by atoms with Crippen LogP contribution in [0.1, 0.15) is 32.3 Å². The summed E-state index contributed by atoms with van der Waals surface area (Å²) < 4.78 is 5.25. The monoisotopic (exact) mass is 257 g/mol. The van der Waals surface area contributed by atoms with Gasteiger partial charge in [-0.15, -0.1) is 10.2 Å². The molecule has 1 aliphatic rings. The van der Waals surface area contributed by atoms with Gasteiger partial charge in [-0.05, 0) is 49.8 Å². The summed E-state index contributed by atoms with van der Waals surface area (Å²) in [6, 6.07) is 6.66. The fourth-order valence-corrected chi connectivity index (χ4v) is 2.25. The molecule has 1 aromatic carbocycles. The molecule has 100 valence electrons. The van der Waals surface area contributed by atoms with E-state index in [1.54, 1.807) is 0 Å². The fraction of sp³-hybridized carbons (Fsp3) is 0.467. The first-order valence-corrected chi connectivity index (χ1v) is 6.72. The average Bonchev–Trinajstić information content (AvgIpc) is 2.94. The minimum atomic E-state index is 0.451. The van der Waals surface area contributed by atoms with Gasteiger partial charge in [-0.2, -0.15) is 0 Å². The van der Waals surface area contributed by atoms with E-state index in [-0.39, 0.29) is 0 Å². The van der Waals surface area contributed by atoms with Crippen LogP contribution < -0.4 is 5.32 Å². The molecule has 0 bridgehead atoms. The fourth-order valence-electron chi connectivity index (χ4n) is 2.25. The molecular weight excluding hydrogens is 238 g/mol. The normalized spacial score (nSPS) is 18.1. The number of anilines is 1. The van der Waals surface area contributed by atoms with Crippen molar-refractivity contribution >= 4 is 5.69 Å². The van der Waals surface area contributed by atoms with Gasteiger partial charge in [0, 0.05) is 17.3 Å². The third kappa shape index (κ3) is 2.35. The zero-order valence-corrected chi connectivity index (χ0v) is 11.6. The maximum Gasteiger partial charge on any atom is 0.247 e. The summed E-state index contributed by atoms with van der Waals surface area (Å²) in [6.07, 6.45) is 3.98. The Balaban J connectivity index is 1.86. The Hall–Kier alpha value is -1.84. The quantitative estimate of drug-likeness (QED) is 0.908. The van der Waals surface area contributed by atoms with Crippen molar-refractivity contribution < 1.29 is 4.42 Å². The molecule has 1 atom stereocenters. The van der Waals surface area contributed by atoms with Crippen LogP contribution >= 0.6 is 0 Å². The maximum atomic E-state index is 5.25. The van der Waals surface area contributed by atoms with E-state index >= 15 is 0 Å². The van der Waals surface area contributed by atoms with Crippen LogP contribution in [0.15, 0.2) is 29.0 Å². The molecule has 1 aromatic heterocycles. The lowest BCUT2D eigenvalue weighted by Gasteiger charge is -2.23. The lowest BCUT2D eigenvalue weighted by molar-refractivity contribution is 0.493. The minimum absolute atomic E-state index is 0.451. The van der Waals surface area contributed by atoms with Crippen molar-refractivity contribution in [3.05, 3.63) is 30.2 Å². The van der Waals surface area contributed by atoms with Crippen LogP contribution in [0.5, 0.6) is 0 Å². The Morgan fingerprint density at radius 3 is 2.79 bits per heavy atom. The standard InChI is InChI=1S/C15H19N3O/c1-10-4-5-12(14-18-16-9-19-14)8-13(10)17-11(2)15(3)6-7-15/h4-5,8-9,11,17H,6-7H2,1-3H3. The Labute approximate surface area is 113 Å². The number of aryl methyl sites for hydroxylation is 1. The van der Waals surface area contributed by atoms with Crippen molar-refractivity contribution in [2.24, 2.45) is 5.41 Å². The van der Waals surface area contributed by atoms with Crippen LogP contribution in [0.4, 0.5) is 5.69 Å². The van der Waals surface area contributed by atoms with Gasteiger partial charge in [0.2, 0.25) is 12.3 Å². The molecule has 3 rings (SSSR count). The van der Waals surface area contributed by atoms with Gasteiger partial charge in [-0.1, -0.05) is 13.0 Å². The van der Waals surface area contributed by atoms with Crippen molar-refractivity contribution in [1.29, 1.82) is 0 Å². The molecule has 0 amide bonds. The number of hydrogen-bond acceptors (Lipinski definition) is 4. The molecule has 2 aromatic rings. The molecule has 4 nitrogen and oxygen atoms in total. The van der Waals surface area contributed by atoms with Gasteiger partial charge in [0.15, 0.2) is 0 Å². The van der Waals surface area contributed by atoms with E-state index in [1.807, 2.05) is 6.07 Å². The summed E-state index contributed by atoms with van der Waals surface area (Å²) in [5.41, 5.74) is 3.79. The minimum Gasteiger partial charge on any atom is -0.423 e. The van der Waals surface area contributed by atoms with E-state index in [4.69, 9.17) is 4.42 Å². The number of benzene rings is 1. The van der Waals surface area contributed by atoms with Gasteiger partial charge in [0.1, 0.15) is 0 Å². The Bertz CT molecular complexity index is 573. The molecule has 1 fully saturated rings. The summed E-state index contributed by atoms with van der Waals surface area (Å²) in [5.74, 6) is 0.563. The van der Waals surface area contributed by atoms with Gasteiger partial charge in [0.25, 0.3) is 0 Å². The number of hydrogen-bond donors (Lipinski definition) is 1. The lowest BCUT2D eigenvalue weighted by atomic mass is 9.99. The highest BCUT2D eigenvalue weighted by molar-refractivity contribution is 5.64. The predicted molar refractivity (Wildman–Crippen MR) is 74.9 cm³/mol. The molecule has 0 saturated heterocycles. The lowest BCUT2D eigenvalue weighted by Crippen LogP contribution is -2.25. The summed E-state index contributed by atoms with van der Waals surface area (Å²) in [6.45, 7) is 6.70. The Morgan fingerprint density at radius 1 is 1.37 bits per heavy atom. The van der Waals surface area contributed by atoms with Crippen LogP contribution in [0.25, 0.3) is 11.5 Å². The first kappa shape index (κ1) is 12.2. The molecule has 0 spiro atoms. The van der Waals surface area contributed by atoms with E-state index in [9.17, 15) is 0 Å². The molecule has 0 aliphatic heterocycles. The third-order valence-corrected chi connectivity index (χ3v) is 4.30. The SMILES string of the molecule is Cc1ccc(-c2nnco2)cc1NC(C)C1(C)CC1. The van der Waals surface area contributed by atoms with Crippen LogP contribution in [0, 0.1) is 12.3 Å². The molecule has 0 radical (unpaired) electrons. The highest BCUT2D eigenvalue weighted by atomic mass is 16.4. The second-order valence-electron chi connectivity index (χ2n) is 5.79. The van der Waals surface area contributed by atoms with Gasteiger partial charge in [-0.25, -0.2) is 0 Å². The molecule has 19 heavy (non-hydrogen) atoms. The molecule has 1 aliphatic carbocycles. The summed E-state index contributed by atoms with van der Waals surface area (Å²) >= 11 is 0. The number of rotatable bonds is 4. The average molecular weight is 257 g/mol. The highest BCUT2D eigenvalue weighted by Gasteiger charge is 2.42. The van der Waals surface area contributed by atoms with Crippen LogP contribution in [0.3, 0.4) is 0 Å². The second-order valence-corrected chi connectivity index (χ2v) is 5.79. The number of aromatic nitrogens is 2. The van der Waals surface area contributed by atoms with Crippen molar-refractivity contribution in [3.63, 3.8) is 0 Å². The predicted octanol–water partition coefficient (Wildman–Crippen LogP) is 3.65. The second kappa shape index (κ2) is 4.37. The van der Waals surface area contributed by atoms with Gasteiger partial charge in [-0.3, -0.25) is 0 Å². The van der Waals surface area contributed by atoms with Crippen molar-refractivity contribution in [3.8, 4) is 11.5 Å². The molecule has 1 heterocycles. The zero-order chi connectivity index (χ0) is 13.5. The Morgan fingerprint density at radius 2 is 2.16 bits per heavy atom. The van der Waals surface area contributed by atoms with Crippen LogP contribution in [0.2, 0.25) is 0 Å². The first-order valence-electron chi connectivity index (χ1n) is 6.72. The van der Waals surface area contributed by atoms with Gasteiger partial charge < -0.3 is 9.73 Å². The number of nitrogens with zero attached hydrogens (tertiary/aromatic N) is 2. The van der Waals surface area contributed by atoms with Gasteiger partial charge in [0.05, 0.1) is 0 Å². The first-order chi connectivity index (χ1) is 9.08. The third-order valence-electron chi connectivity index (χ3n) is 4.30. The van der Waals surface area contributed by atoms with Crippen molar-refractivity contribution in [1.82, 2.24) is 10.2 Å². The highest BCUT2D eigenvalue weighted by Crippen LogP contribution is 2.49. The molecule has 4 heteroatoms. The van der Waals surface area contributed by atoms with E-state index in [0.717, 1.165) is 11.3 Å². The largest absolute Gasteiger partial charge is 0.423 e. The van der Waals surface area contributed by atoms with Gasteiger partial charge >= 0.3 is 0 Å². The molecular formula is C15H19N3O. The Kier molecular flexibility index (Phi) is 2.81. The topological polar surface area (TPSA) is 51.0 Å². The van der Waals surface area contributed by atoms with E-state index < -0.39 is 0 Å². The van der Waals surface area contributed by atoms with E-state index in [1.165, 1.54) is 24.8 Å². The van der Waals surface area contributed by atoms with Crippen molar-refractivity contribution in [2.75, 3.05) is 5.32 Å². The van der Waals surface area contributed by atoms with E-state index in [2.05, 4.69) is 48.4 Å². The zero-order valence-electron chi connectivity index (χ0n) is 11.6. The number of nitrogens with one attached hydrogen (secondary N) is 1. The summed E-state index contributed by atoms with van der Waals surface area (Å²) in [5, 5.41) is 11.3. The molecule has 1 saturated carbocycles. The molecule has 1 unspecified atom stereocenters. The van der Waals surface area contributed by atoms with E-state index in [0.29, 0.717) is 17.3 Å².